The quantitative estimate of drug-likeness (QED) is 0.156. The van der Waals surface area contributed by atoms with E-state index in [2.05, 4.69) is 9.88 Å². The van der Waals surface area contributed by atoms with Crippen molar-refractivity contribution in [3.05, 3.63) is 118 Å². The van der Waals surface area contributed by atoms with E-state index in [0.29, 0.717) is 60.8 Å². The van der Waals surface area contributed by atoms with Crippen LogP contribution < -0.4 is 10.3 Å². The minimum absolute atomic E-state index is 0.0513. The molecule has 0 aliphatic heterocycles. The maximum absolute atomic E-state index is 14.9. The summed E-state index contributed by atoms with van der Waals surface area (Å²) >= 11 is 0. The average Bonchev–Trinajstić information content (AvgIpc) is 3.44. The zero-order valence-corrected chi connectivity index (χ0v) is 26.1. The molecule has 2 aromatic carbocycles. The Hall–Kier alpha value is -4.83. The second kappa shape index (κ2) is 14.3. The third kappa shape index (κ3) is 7.12. The molecule has 0 spiro atoms. The topological polar surface area (TPSA) is 91.0 Å². The van der Waals surface area contributed by atoms with E-state index in [9.17, 15) is 14.0 Å². The summed E-state index contributed by atoms with van der Waals surface area (Å²) in [4.78, 5) is 39.2. The van der Waals surface area contributed by atoms with Crippen molar-refractivity contribution in [2.24, 2.45) is 0 Å². The van der Waals surface area contributed by atoms with Gasteiger partial charge in [-0.3, -0.25) is 9.78 Å². The molecule has 0 aliphatic carbocycles. The Morgan fingerprint density at radius 3 is 2.42 bits per heavy atom. The Morgan fingerprint density at radius 1 is 1.02 bits per heavy atom. The van der Waals surface area contributed by atoms with E-state index >= 15 is 0 Å². The van der Waals surface area contributed by atoms with Gasteiger partial charge in [0.25, 0.3) is 5.56 Å². The van der Waals surface area contributed by atoms with Crippen LogP contribution >= 0.6 is 0 Å². The zero-order valence-electron chi connectivity index (χ0n) is 26.1. The minimum Gasteiger partial charge on any atom is -0.497 e. The number of imidazole rings is 1. The first-order chi connectivity index (χ1) is 21.8. The Labute approximate surface area is 261 Å². The molecule has 0 saturated carbocycles. The second-order valence-corrected chi connectivity index (χ2v) is 11.0. The number of carbonyl (C=O) groups is 1. The Balaban J connectivity index is 1.68. The predicted molar refractivity (Wildman–Crippen MR) is 171 cm³/mol. The number of rotatable bonds is 13. The number of hydrogen-bond donors (Lipinski definition) is 0. The summed E-state index contributed by atoms with van der Waals surface area (Å²) in [7, 11) is 3.56. The number of methoxy groups -OCH3 is 1. The lowest BCUT2D eigenvalue weighted by molar-refractivity contribution is 0.0281. The number of nitrogens with zero attached hydrogens (tertiary/aromatic N) is 5. The summed E-state index contributed by atoms with van der Waals surface area (Å²) in [5, 5.41) is 0. The van der Waals surface area contributed by atoms with Gasteiger partial charge in [0.2, 0.25) is 5.78 Å². The summed E-state index contributed by atoms with van der Waals surface area (Å²) in [6.45, 7) is 4.91. The number of pyridine rings is 1. The number of ether oxygens (including phenoxy) is 2. The highest BCUT2D eigenvalue weighted by atomic mass is 19.1. The number of fused-ring (bicyclic) bond motifs is 1. The van der Waals surface area contributed by atoms with Crippen LogP contribution in [-0.4, -0.2) is 56.6 Å². The summed E-state index contributed by atoms with van der Waals surface area (Å²) in [5.41, 5.74) is 2.62. The minimum atomic E-state index is -0.716. The molecule has 9 nitrogen and oxygen atoms in total. The van der Waals surface area contributed by atoms with Crippen molar-refractivity contribution in [1.29, 1.82) is 0 Å². The van der Waals surface area contributed by atoms with Crippen LogP contribution in [0, 0.1) is 5.82 Å². The highest BCUT2D eigenvalue weighted by molar-refractivity contribution is 5.89. The fourth-order valence-electron chi connectivity index (χ4n) is 5.28. The van der Waals surface area contributed by atoms with E-state index in [1.807, 2.05) is 63.4 Å². The maximum atomic E-state index is 14.9. The molecule has 10 heteroatoms. The van der Waals surface area contributed by atoms with E-state index in [-0.39, 0.29) is 18.2 Å². The highest BCUT2D eigenvalue weighted by Gasteiger charge is 2.26. The van der Waals surface area contributed by atoms with E-state index < -0.39 is 17.3 Å². The van der Waals surface area contributed by atoms with Crippen molar-refractivity contribution in [3.8, 4) is 17.0 Å². The molecule has 0 unspecified atom stereocenters. The van der Waals surface area contributed by atoms with Crippen LogP contribution in [0.5, 0.6) is 5.75 Å². The molecule has 3 heterocycles. The first-order valence-corrected chi connectivity index (χ1v) is 15.1. The van der Waals surface area contributed by atoms with Crippen LogP contribution in [0.1, 0.15) is 54.0 Å². The van der Waals surface area contributed by atoms with E-state index in [4.69, 9.17) is 14.5 Å². The van der Waals surface area contributed by atoms with Crippen LogP contribution in [0.3, 0.4) is 0 Å². The normalized spacial score (nSPS) is 11.4. The van der Waals surface area contributed by atoms with Gasteiger partial charge < -0.3 is 18.9 Å². The first-order valence-electron chi connectivity index (χ1n) is 15.1. The van der Waals surface area contributed by atoms with E-state index in [1.165, 1.54) is 16.7 Å². The van der Waals surface area contributed by atoms with Crippen molar-refractivity contribution < 1.29 is 18.7 Å². The van der Waals surface area contributed by atoms with Crippen molar-refractivity contribution in [3.63, 3.8) is 0 Å². The molecule has 0 atom stereocenters. The SMILES string of the molecule is CCC(CC)OC(=O)c1cn(Cc2ccccc2F)c2nc(-c3ccc(OC)cc3)c(CN(C)CCc3ccccn3)n2c1=O. The van der Waals surface area contributed by atoms with Gasteiger partial charge in [-0.2, -0.15) is 0 Å². The Bertz CT molecular complexity index is 1810. The molecule has 5 aromatic rings. The first kappa shape index (κ1) is 31.6. The molecule has 0 saturated heterocycles. The number of hydrogen-bond acceptors (Lipinski definition) is 7. The molecule has 234 valence electrons. The van der Waals surface area contributed by atoms with E-state index in [1.54, 1.807) is 36.1 Å². The van der Waals surface area contributed by atoms with Gasteiger partial charge in [-0.05, 0) is 62.4 Å². The predicted octanol–water partition coefficient (Wildman–Crippen LogP) is 5.77. The molecule has 3 aromatic heterocycles. The van der Waals surface area contributed by atoms with Gasteiger partial charge in [0.05, 0.1) is 25.0 Å². The lowest BCUT2D eigenvalue weighted by Crippen LogP contribution is -2.31. The van der Waals surface area contributed by atoms with Gasteiger partial charge in [0, 0.05) is 48.7 Å². The molecule has 0 radical (unpaired) electrons. The van der Waals surface area contributed by atoms with Gasteiger partial charge in [0.1, 0.15) is 23.2 Å². The highest BCUT2D eigenvalue weighted by Crippen LogP contribution is 2.28. The van der Waals surface area contributed by atoms with Gasteiger partial charge in [-0.1, -0.05) is 38.1 Å². The molecule has 0 aliphatic rings. The molecule has 0 N–H and O–H groups in total. The van der Waals surface area contributed by atoms with Crippen molar-refractivity contribution in [2.45, 2.75) is 52.3 Å². The van der Waals surface area contributed by atoms with Crippen molar-refractivity contribution in [2.75, 3.05) is 20.7 Å². The van der Waals surface area contributed by atoms with Gasteiger partial charge in [-0.25, -0.2) is 18.6 Å². The summed E-state index contributed by atoms with van der Waals surface area (Å²) in [6, 6.07) is 19.7. The largest absolute Gasteiger partial charge is 0.497 e. The Kier molecular flexibility index (Phi) is 10.0. The maximum Gasteiger partial charge on any atom is 0.345 e. The molecular weight excluding hydrogens is 573 g/mol. The number of likely N-dealkylation sites (N-methyl/N-ethyl adjacent to an activating group) is 1. The van der Waals surface area contributed by atoms with Gasteiger partial charge in [0.15, 0.2) is 0 Å². The van der Waals surface area contributed by atoms with Gasteiger partial charge in [-0.15, -0.1) is 0 Å². The van der Waals surface area contributed by atoms with Crippen molar-refractivity contribution >= 4 is 11.7 Å². The average molecular weight is 612 g/mol. The second-order valence-electron chi connectivity index (χ2n) is 11.0. The smallest absolute Gasteiger partial charge is 0.345 e. The fraction of sp³-hybridized carbons (Fsp3) is 0.314. The zero-order chi connectivity index (χ0) is 31.9. The fourth-order valence-corrected chi connectivity index (χ4v) is 5.28. The van der Waals surface area contributed by atoms with E-state index in [0.717, 1.165) is 11.3 Å². The van der Waals surface area contributed by atoms with Crippen molar-refractivity contribution in [1.82, 2.24) is 23.8 Å². The third-order valence-electron chi connectivity index (χ3n) is 7.89. The molecule has 45 heavy (non-hydrogen) atoms. The number of benzene rings is 2. The molecule has 0 amide bonds. The summed E-state index contributed by atoms with van der Waals surface area (Å²) < 4.78 is 29.1. The van der Waals surface area contributed by atoms with Crippen LogP contribution in [0.2, 0.25) is 0 Å². The lowest BCUT2D eigenvalue weighted by atomic mass is 10.1. The molecular formula is C35H38FN5O4. The number of carbonyl (C=O) groups excluding carboxylic acids is 1. The summed E-state index contributed by atoms with van der Waals surface area (Å²) in [5.74, 6) is -0.137. The van der Waals surface area contributed by atoms with Crippen LogP contribution in [0.4, 0.5) is 4.39 Å². The van der Waals surface area contributed by atoms with Gasteiger partial charge >= 0.3 is 5.97 Å². The lowest BCUT2D eigenvalue weighted by Gasteiger charge is -2.18. The molecule has 0 fully saturated rings. The number of esters is 1. The third-order valence-corrected chi connectivity index (χ3v) is 7.89. The molecule has 5 rings (SSSR count). The molecule has 0 bridgehead atoms. The van der Waals surface area contributed by atoms with Crippen LogP contribution in [-0.2, 0) is 24.2 Å². The monoisotopic (exact) mass is 611 g/mol. The van der Waals surface area contributed by atoms with Crippen LogP contribution in [0.15, 0.2) is 83.9 Å². The van der Waals surface area contributed by atoms with Crippen LogP contribution in [0.25, 0.3) is 17.0 Å². The standard InChI is InChI=1S/C35H38FN5O4/c1-5-27(6-2)45-34(43)29-22-40(21-25-11-7-8-13-30(25)36)35-38-32(24-14-16-28(44-4)17-15-24)31(41(35)33(29)42)23-39(3)20-18-26-12-9-10-19-37-26/h7-17,19,22,27H,5-6,18,20-21,23H2,1-4H3. The number of halogens is 1. The summed E-state index contributed by atoms with van der Waals surface area (Å²) in [6.07, 6.45) is 4.81. The number of aromatic nitrogens is 4. The Morgan fingerprint density at radius 2 is 1.76 bits per heavy atom.